The van der Waals surface area contributed by atoms with Crippen molar-refractivity contribution in [3.63, 3.8) is 0 Å². The molecule has 0 spiro atoms. The molecule has 1 N–H and O–H groups in total. The van der Waals surface area contributed by atoms with E-state index in [0.29, 0.717) is 18.8 Å². The van der Waals surface area contributed by atoms with Crippen LogP contribution in [0.3, 0.4) is 0 Å². The zero-order valence-electron chi connectivity index (χ0n) is 13.6. The van der Waals surface area contributed by atoms with E-state index >= 15 is 0 Å². The Hall–Kier alpha value is -1.71. The zero-order valence-corrected chi connectivity index (χ0v) is 13.6. The molecular weight excluding hydrogens is 266 g/mol. The number of benzene rings is 1. The summed E-state index contributed by atoms with van der Waals surface area (Å²) in [5.74, 6) is 2.29. The number of hydrogen-bond donors (Lipinski definition) is 1. The van der Waals surface area contributed by atoms with E-state index in [4.69, 9.17) is 9.47 Å². The molecule has 0 aliphatic heterocycles. The summed E-state index contributed by atoms with van der Waals surface area (Å²) in [7, 11) is 3.25. The van der Waals surface area contributed by atoms with Gasteiger partial charge in [-0.05, 0) is 42.9 Å². The summed E-state index contributed by atoms with van der Waals surface area (Å²) in [6.07, 6.45) is 3.35. The summed E-state index contributed by atoms with van der Waals surface area (Å²) in [5.41, 5.74) is 1.04. The molecule has 1 amide bonds. The minimum absolute atomic E-state index is 0.0977. The predicted molar refractivity (Wildman–Crippen MR) is 84.9 cm³/mol. The Morgan fingerprint density at radius 3 is 2.29 bits per heavy atom. The number of hydrogen-bond acceptors (Lipinski definition) is 3. The number of ether oxygens (including phenoxy) is 2. The van der Waals surface area contributed by atoms with Gasteiger partial charge in [0.1, 0.15) is 11.5 Å². The van der Waals surface area contributed by atoms with Crippen LogP contribution in [0.15, 0.2) is 18.2 Å². The lowest BCUT2D eigenvalue weighted by atomic mass is 10.1. The van der Waals surface area contributed by atoms with Gasteiger partial charge in [-0.2, -0.15) is 0 Å². The Morgan fingerprint density at radius 2 is 1.76 bits per heavy atom. The van der Waals surface area contributed by atoms with Crippen molar-refractivity contribution >= 4 is 5.91 Å². The number of carbonyl (C=O) groups excluding carboxylic acids is 1. The van der Waals surface area contributed by atoms with Crippen molar-refractivity contribution in [2.24, 2.45) is 5.92 Å². The fourth-order valence-corrected chi connectivity index (χ4v) is 2.10. The highest BCUT2D eigenvalue weighted by molar-refractivity contribution is 5.76. The van der Waals surface area contributed by atoms with E-state index in [1.165, 1.54) is 0 Å². The second-order valence-electron chi connectivity index (χ2n) is 5.61. The Bertz CT molecular complexity index is 421. The first-order chi connectivity index (χ1) is 10.0. The number of nitrogens with one attached hydrogen (secondary N) is 1. The molecule has 0 radical (unpaired) electrons. The maximum absolute atomic E-state index is 11.8. The average molecular weight is 293 g/mol. The first-order valence-corrected chi connectivity index (χ1v) is 7.53. The van der Waals surface area contributed by atoms with E-state index in [-0.39, 0.29) is 5.91 Å². The van der Waals surface area contributed by atoms with Gasteiger partial charge in [0.15, 0.2) is 0 Å². The molecule has 0 heterocycles. The van der Waals surface area contributed by atoms with Gasteiger partial charge in [-0.25, -0.2) is 0 Å². The Labute approximate surface area is 127 Å². The van der Waals surface area contributed by atoms with Crippen LogP contribution >= 0.6 is 0 Å². The zero-order chi connectivity index (χ0) is 15.7. The highest BCUT2D eigenvalue weighted by Crippen LogP contribution is 2.23. The predicted octanol–water partition coefficient (Wildman–Crippen LogP) is 3.19. The molecule has 0 aliphatic rings. The highest BCUT2D eigenvalue weighted by atomic mass is 16.5. The summed E-state index contributed by atoms with van der Waals surface area (Å²) in [6.45, 7) is 5.15. The second-order valence-corrected chi connectivity index (χ2v) is 5.61. The quantitative estimate of drug-likeness (QED) is 0.711. The summed E-state index contributed by atoms with van der Waals surface area (Å²) >= 11 is 0. The van der Waals surface area contributed by atoms with Crippen molar-refractivity contribution in [2.75, 3.05) is 20.8 Å². The van der Waals surface area contributed by atoms with Crippen LogP contribution < -0.4 is 14.8 Å². The van der Waals surface area contributed by atoms with Crippen molar-refractivity contribution in [2.45, 2.75) is 39.5 Å². The molecule has 0 bridgehead atoms. The average Bonchev–Trinajstić information content (AvgIpc) is 2.48. The Kier molecular flexibility index (Phi) is 7.65. The third kappa shape index (κ3) is 7.02. The van der Waals surface area contributed by atoms with E-state index in [0.717, 1.165) is 36.4 Å². The SMILES string of the molecule is COc1cc(CCC(=O)NCCCC(C)C)cc(OC)c1. The van der Waals surface area contributed by atoms with Gasteiger partial charge >= 0.3 is 0 Å². The Balaban J connectivity index is 2.38. The largest absolute Gasteiger partial charge is 0.497 e. The summed E-state index contributed by atoms with van der Waals surface area (Å²) < 4.78 is 10.5. The molecule has 21 heavy (non-hydrogen) atoms. The molecule has 0 aliphatic carbocycles. The van der Waals surface area contributed by atoms with Crippen LogP contribution in [0.2, 0.25) is 0 Å². The maximum Gasteiger partial charge on any atom is 0.220 e. The van der Waals surface area contributed by atoms with E-state index in [9.17, 15) is 4.79 Å². The van der Waals surface area contributed by atoms with E-state index in [1.807, 2.05) is 18.2 Å². The van der Waals surface area contributed by atoms with E-state index in [2.05, 4.69) is 19.2 Å². The number of methoxy groups -OCH3 is 2. The Morgan fingerprint density at radius 1 is 1.14 bits per heavy atom. The van der Waals surface area contributed by atoms with Crippen LogP contribution in [0.1, 0.15) is 38.7 Å². The van der Waals surface area contributed by atoms with Crippen molar-refractivity contribution in [1.82, 2.24) is 5.32 Å². The molecule has 0 saturated carbocycles. The molecule has 0 unspecified atom stereocenters. The van der Waals surface area contributed by atoms with Crippen LogP contribution in [0, 0.1) is 5.92 Å². The maximum atomic E-state index is 11.8. The van der Waals surface area contributed by atoms with Crippen LogP contribution in [-0.4, -0.2) is 26.7 Å². The van der Waals surface area contributed by atoms with Crippen LogP contribution in [0.5, 0.6) is 11.5 Å². The molecule has 0 saturated heterocycles. The van der Waals surface area contributed by atoms with Gasteiger partial charge in [-0.15, -0.1) is 0 Å². The third-order valence-electron chi connectivity index (χ3n) is 3.33. The monoisotopic (exact) mass is 293 g/mol. The van der Waals surface area contributed by atoms with Gasteiger partial charge in [-0.3, -0.25) is 4.79 Å². The first-order valence-electron chi connectivity index (χ1n) is 7.53. The van der Waals surface area contributed by atoms with Gasteiger partial charge < -0.3 is 14.8 Å². The smallest absolute Gasteiger partial charge is 0.220 e. The van der Waals surface area contributed by atoms with Crippen LogP contribution in [-0.2, 0) is 11.2 Å². The highest BCUT2D eigenvalue weighted by Gasteiger charge is 2.05. The minimum Gasteiger partial charge on any atom is -0.497 e. The van der Waals surface area contributed by atoms with Gasteiger partial charge in [-0.1, -0.05) is 13.8 Å². The lowest BCUT2D eigenvalue weighted by molar-refractivity contribution is -0.121. The molecule has 118 valence electrons. The molecule has 4 heteroatoms. The summed E-state index contributed by atoms with van der Waals surface area (Å²) in [4.78, 5) is 11.8. The number of aryl methyl sites for hydroxylation is 1. The number of rotatable bonds is 9. The van der Waals surface area contributed by atoms with Gasteiger partial charge in [0.05, 0.1) is 14.2 Å². The minimum atomic E-state index is 0.0977. The van der Waals surface area contributed by atoms with Gasteiger partial charge in [0, 0.05) is 19.0 Å². The van der Waals surface area contributed by atoms with Crippen molar-refractivity contribution < 1.29 is 14.3 Å². The molecule has 0 aromatic heterocycles. The normalized spacial score (nSPS) is 10.5. The van der Waals surface area contributed by atoms with E-state index in [1.54, 1.807) is 14.2 Å². The molecule has 0 fully saturated rings. The third-order valence-corrected chi connectivity index (χ3v) is 3.33. The summed E-state index contributed by atoms with van der Waals surface area (Å²) in [5, 5.41) is 2.96. The number of amides is 1. The van der Waals surface area contributed by atoms with Crippen molar-refractivity contribution in [1.29, 1.82) is 0 Å². The lowest BCUT2D eigenvalue weighted by Crippen LogP contribution is -2.24. The molecule has 4 nitrogen and oxygen atoms in total. The summed E-state index contributed by atoms with van der Waals surface area (Å²) in [6, 6.07) is 5.71. The molecule has 1 rings (SSSR count). The van der Waals surface area contributed by atoms with Crippen LogP contribution in [0.4, 0.5) is 0 Å². The fourth-order valence-electron chi connectivity index (χ4n) is 2.10. The standard InChI is InChI=1S/C17H27NO3/c1-13(2)6-5-9-18-17(19)8-7-14-10-15(20-3)12-16(11-14)21-4/h10-13H,5-9H2,1-4H3,(H,18,19). The molecule has 0 atom stereocenters. The molecular formula is C17H27NO3. The molecule has 1 aromatic carbocycles. The second kappa shape index (κ2) is 9.27. The molecule has 1 aromatic rings. The first kappa shape index (κ1) is 17.3. The van der Waals surface area contributed by atoms with Crippen molar-refractivity contribution in [3.05, 3.63) is 23.8 Å². The van der Waals surface area contributed by atoms with Gasteiger partial charge in [0.2, 0.25) is 5.91 Å². The fraction of sp³-hybridized carbons (Fsp3) is 0.588. The van der Waals surface area contributed by atoms with Crippen LogP contribution in [0.25, 0.3) is 0 Å². The lowest BCUT2D eigenvalue weighted by Gasteiger charge is -2.09. The van der Waals surface area contributed by atoms with Crippen molar-refractivity contribution in [3.8, 4) is 11.5 Å². The van der Waals surface area contributed by atoms with Gasteiger partial charge in [0.25, 0.3) is 0 Å². The number of carbonyl (C=O) groups is 1. The van der Waals surface area contributed by atoms with E-state index < -0.39 is 0 Å². The topological polar surface area (TPSA) is 47.6 Å².